The number of carbonyl (C=O) groups excluding carboxylic acids is 1. The predicted octanol–water partition coefficient (Wildman–Crippen LogP) is 1.74. The third-order valence-corrected chi connectivity index (χ3v) is 4.63. The fourth-order valence-electron chi connectivity index (χ4n) is 3.08. The summed E-state index contributed by atoms with van der Waals surface area (Å²) in [6.07, 6.45) is 3.75. The lowest BCUT2D eigenvalue weighted by atomic mass is 9.88. The van der Waals surface area contributed by atoms with Crippen LogP contribution in [0.5, 0.6) is 0 Å². The molecule has 22 heavy (non-hydrogen) atoms. The number of hydrogen-bond donors (Lipinski definition) is 1. The van der Waals surface area contributed by atoms with E-state index in [9.17, 15) is 9.18 Å². The van der Waals surface area contributed by atoms with Crippen molar-refractivity contribution in [2.24, 2.45) is 0 Å². The number of nitrogens with zero attached hydrogens (tertiary/aromatic N) is 1. The summed E-state index contributed by atoms with van der Waals surface area (Å²) in [5, 5.41) is 3.11. The lowest BCUT2D eigenvalue weighted by molar-refractivity contribution is -0.160. The average Bonchev–Trinajstić information content (AvgIpc) is 2.45. The van der Waals surface area contributed by atoms with E-state index in [1.807, 2.05) is 7.05 Å². The van der Waals surface area contributed by atoms with Gasteiger partial charge in [-0.1, -0.05) is 12.1 Å². The van der Waals surface area contributed by atoms with Crippen molar-refractivity contribution in [3.8, 4) is 0 Å². The molecule has 0 radical (unpaired) electrons. The molecule has 2 fully saturated rings. The molecule has 1 aliphatic carbocycles. The van der Waals surface area contributed by atoms with Crippen molar-refractivity contribution in [1.82, 2.24) is 10.2 Å². The Balaban J connectivity index is 1.78. The number of amides is 1. The van der Waals surface area contributed by atoms with Crippen molar-refractivity contribution in [1.29, 1.82) is 0 Å². The van der Waals surface area contributed by atoms with E-state index in [0.717, 1.165) is 24.9 Å². The van der Waals surface area contributed by atoms with E-state index in [4.69, 9.17) is 4.74 Å². The summed E-state index contributed by atoms with van der Waals surface area (Å²) >= 11 is 0. The van der Waals surface area contributed by atoms with Gasteiger partial charge in [-0.2, -0.15) is 0 Å². The molecular weight excluding hydrogens is 283 g/mol. The smallest absolute Gasteiger partial charge is 0.254 e. The van der Waals surface area contributed by atoms with Gasteiger partial charge in [0.15, 0.2) is 5.60 Å². The second-order valence-corrected chi connectivity index (χ2v) is 6.49. The summed E-state index contributed by atoms with van der Waals surface area (Å²) in [5.74, 6) is -0.300. The van der Waals surface area contributed by atoms with Gasteiger partial charge in [0, 0.05) is 25.6 Å². The molecule has 1 aliphatic heterocycles. The number of hydrogen-bond acceptors (Lipinski definition) is 3. The summed E-state index contributed by atoms with van der Waals surface area (Å²) in [6.45, 7) is 1.92. The zero-order chi connectivity index (χ0) is 15.6. The molecule has 1 saturated heterocycles. The van der Waals surface area contributed by atoms with Gasteiger partial charge in [0.1, 0.15) is 5.82 Å². The van der Waals surface area contributed by atoms with Crippen molar-refractivity contribution in [2.45, 2.75) is 37.3 Å². The van der Waals surface area contributed by atoms with E-state index < -0.39 is 5.60 Å². The van der Waals surface area contributed by atoms with E-state index >= 15 is 0 Å². The van der Waals surface area contributed by atoms with Crippen molar-refractivity contribution in [3.05, 3.63) is 35.6 Å². The molecule has 1 aromatic rings. The Morgan fingerprint density at radius 2 is 2.14 bits per heavy atom. The van der Waals surface area contributed by atoms with E-state index in [1.165, 1.54) is 18.6 Å². The third kappa shape index (κ3) is 3.31. The zero-order valence-electron chi connectivity index (χ0n) is 13.0. The van der Waals surface area contributed by atoms with Crippen molar-refractivity contribution < 1.29 is 13.9 Å². The van der Waals surface area contributed by atoms with Crippen LogP contribution in [0.25, 0.3) is 0 Å². The molecule has 4 nitrogen and oxygen atoms in total. The molecule has 1 amide bonds. The van der Waals surface area contributed by atoms with Crippen LogP contribution in [0.1, 0.15) is 24.8 Å². The normalized spacial score (nSPS) is 26.5. The highest BCUT2D eigenvalue weighted by Gasteiger charge is 2.44. The zero-order valence-corrected chi connectivity index (χ0v) is 13.0. The third-order valence-electron chi connectivity index (χ3n) is 4.63. The molecule has 1 saturated carbocycles. The molecule has 120 valence electrons. The maximum absolute atomic E-state index is 13.1. The van der Waals surface area contributed by atoms with Crippen LogP contribution in [0.2, 0.25) is 0 Å². The van der Waals surface area contributed by atoms with Gasteiger partial charge in [-0.05, 0) is 44.0 Å². The molecular formula is C17H23FN2O2. The van der Waals surface area contributed by atoms with Crippen molar-refractivity contribution in [3.63, 3.8) is 0 Å². The van der Waals surface area contributed by atoms with Crippen LogP contribution in [-0.2, 0) is 16.0 Å². The maximum atomic E-state index is 13.1. The van der Waals surface area contributed by atoms with Gasteiger partial charge in [-0.3, -0.25) is 4.79 Å². The first-order valence-corrected chi connectivity index (χ1v) is 7.95. The molecule has 1 heterocycles. The van der Waals surface area contributed by atoms with Gasteiger partial charge < -0.3 is 15.0 Å². The highest BCUT2D eigenvalue weighted by atomic mass is 19.1. The van der Waals surface area contributed by atoms with Gasteiger partial charge in [0.2, 0.25) is 0 Å². The lowest BCUT2D eigenvalue weighted by Crippen LogP contribution is -2.62. The molecule has 0 aromatic heterocycles. The molecule has 1 unspecified atom stereocenters. The summed E-state index contributed by atoms with van der Waals surface area (Å²) in [5.41, 5.74) is 0.0425. The maximum Gasteiger partial charge on any atom is 0.254 e. The van der Waals surface area contributed by atoms with Gasteiger partial charge in [0.25, 0.3) is 5.91 Å². The van der Waals surface area contributed by atoms with Crippen LogP contribution in [0.4, 0.5) is 4.39 Å². The number of ether oxygens (including phenoxy) is 1. The number of nitrogens with one attached hydrogen (secondary N) is 1. The number of morpholine rings is 1. The molecule has 3 rings (SSSR count). The molecule has 1 atom stereocenters. The second kappa shape index (κ2) is 6.34. The Bertz CT molecular complexity index is 530. The van der Waals surface area contributed by atoms with Gasteiger partial charge >= 0.3 is 0 Å². The Labute approximate surface area is 130 Å². The Hall–Kier alpha value is -1.46. The number of carbonyl (C=O) groups is 1. The number of likely N-dealkylation sites (N-methyl/N-ethyl adjacent to an activating group) is 1. The van der Waals surface area contributed by atoms with Crippen LogP contribution in [0, 0.1) is 5.82 Å². The first-order valence-electron chi connectivity index (χ1n) is 7.95. The molecule has 5 heteroatoms. The van der Waals surface area contributed by atoms with Crippen LogP contribution in [-0.4, -0.2) is 49.2 Å². The van der Waals surface area contributed by atoms with Gasteiger partial charge in [-0.15, -0.1) is 0 Å². The first kappa shape index (κ1) is 15.4. The van der Waals surface area contributed by atoms with E-state index in [1.54, 1.807) is 12.1 Å². The second-order valence-electron chi connectivity index (χ2n) is 6.49. The van der Waals surface area contributed by atoms with Crippen LogP contribution >= 0.6 is 0 Å². The molecule has 0 spiro atoms. The van der Waals surface area contributed by atoms with Crippen molar-refractivity contribution in [2.75, 3.05) is 26.7 Å². The topological polar surface area (TPSA) is 41.6 Å². The minimum atomic E-state index is -0.875. The molecule has 1 aromatic carbocycles. The summed E-state index contributed by atoms with van der Waals surface area (Å²) in [6, 6.07) is 6.60. The van der Waals surface area contributed by atoms with E-state index in [0.29, 0.717) is 19.6 Å². The highest BCUT2D eigenvalue weighted by Crippen LogP contribution is 2.26. The lowest BCUT2D eigenvalue weighted by Gasteiger charge is -2.42. The van der Waals surface area contributed by atoms with Crippen LogP contribution in [0.15, 0.2) is 24.3 Å². The Kier molecular flexibility index (Phi) is 4.45. The molecule has 2 aliphatic rings. The highest BCUT2D eigenvalue weighted by molar-refractivity contribution is 5.86. The average molecular weight is 306 g/mol. The fraction of sp³-hybridized carbons (Fsp3) is 0.588. The minimum absolute atomic E-state index is 0.0342. The Morgan fingerprint density at radius 3 is 2.73 bits per heavy atom. The van der Waals surface area contributed by atoms with E-state index in [2.05, 4.69) is 10.2 Å². The van der Waals surface area contributed by atoms with Crippen molar-refractivity contribution >= 4 is 5.91 Å². The standard InChI is InChI=1S/C17H23FN2O2/c1-20-9-10-22-17(12-20,16(21)19-15-3-2-4-15)11-13-5-7-14(18)8-6-13/h5-8,15H,2-4,9-12H2,1H3,(H,19,21). The number of benzene rings is 1. The molecule has 0 bridgehead atoms. The summed E-state index contributed by atoms with van der Waals surface area (Å²) < 4.78 is 19.0. The Morgan fingerprint density at radius 1 is 1.41 bits per heavy atom. The fourth-order valence-corrected chi connectivity index (χ4v) is 3.08. The SMILES string of the molecule is CN1CCOC(Cc2ccc(F)cc2)(C(=O)NC2CCC2)C1. The largest absolute Gasteiger partial charge is 0.362 e. The minimum Gasteiger partial charge on any atom is -0.362 e. The van der Waals surface area contributed by atoms with Crippen LogP contribution in [0.3, 0.4) is 0 Å². The van der Waals surface area contributed by atoms with E-state index in [-0.39, 0.29) is 17.8 Å². The first-order chi connectivity index (χ1) is 10.6. The van der Waals surface area contributed by atoms with Gasteiger partial charge in [0.05, 0.1) is 6.61 Å². The summed E-state index contributed by atoms with van der Waals surface area (Å²) in [7, 11) is 2.00. The summed E-state index contributed by atoms with van der Waals surface area (Å²) in [4.78, 5) is 14.9. The number of rotatable bonds is 4. The van der Waals surface area contributed by atoms with Gasteiger partial charge in [-0.25, -0.2) is 4.39 Å². The number of halogens is 1. The quantitative estimate of drug-likeness (QED) is 0.921. The molecule has 1 N–H and O–H groups in total. The monoisotopic (exact) mass is 306 g/mol. The predicted molar refractivity (Wildman–Crippen MR) is 82.1 cm³/mol. The van der Waals surface area contributed by atoms with Crippen LogP contribution < -0.4 is 5.32 Å².